The summed E-state index contributed by atoms with van der Waals surface area (Å²) in [5, 5.41) is 3.31. The summed E-state index contributed by atoms with van der Waals surface area (Å²) in [7, 11) is 0. The van der Waals surface area contributed by atoms with Gasteiger partial charge in [-0.25, -0.2) is 4.39 Å². The van der Waals surface area contributed by atoms with Gasteiger partial charge in [0, 0.05) is 31.3 Å². The minimum absolute atomic E-state index is 0.0699. The summed E-state index contributed by atoms with van der Waals surface area (Å²) in [6.45, 7) is 1.44. The van der Waals surface area contributed by atoms with Crippen LogP contribution in [0.1, 0.15) is 11.3 Å². The minimum Gasteiger partial charge on any atom is -0.488 e. The number of nitrogens with one attached hydrogen (secondary N) is 1. The fourth-order valence-corrected chi connectivity index (χ4v) is 2.27. The molecule has 0 bridgehead atoms. The van der Waals surface area contributed by atoms with Gasteiger partial charge in [0.25, 0.3) is 0 Å². The Morgan fingerprint density at radius 1 is 1.32 bits per heavy atom. The normalized spacial score (nSPS) is 17.0. The van der Waals surface area contributed by atoms with Gasteiger partial charge in [0.15, 0.2) is 0 Å². The second-order valence-corrected chi connectivity index (χ2v) is 4.65. The molecule has 1 aliphatic rings. The Hall–Kier alpha value is -1.94. The Balaban J connectivity index is 1.51. The molecule has 19 heavy (non-hydrogen) atoms. The van der Waals surface area contributed by atoms with Gasteiger partial charge in [-0.3, -0.25) is 4.98 Å². The fourth-order valence-electron chi connectivity index (χ4n) is 2.27. The van der Waals surface area contributed by atoms with Gasteiger partial charge in [0.1, 0.15) is 17.7 Å². The van der Waals surface area contributed by atoms with E-state index in [9.17, 15) is 4.39 Å². The molecule has 0 radical (unpaired) electrons. The smallest absolute Gasteiger partial charge is 0.123 e. The van der Waals surface area contributed by atoms with E-state index in [1.54, 1.807) is 18.3 Å². The van der Waals surface area contributed by atoms with Gasteiger partial charge in [-0.05, 0) is 30.3 Å². The third kappa shape index (κ3) is 2.90. The van der Waals surface area contributed by atoms with E-state index in [1.807, 2.05) is 18.2 Å². The van der Waals surface area contributed by atoms with Crippen molar-refractivity contribution in [1.29, 1.82) is 0 Å². The SMILES string of the molecule is Fc1ccc2c(c1)CC(CNCc1ccccn1)O2. The van der Waals surface area contributed by atoms with Crippen LogP contribution in [0.15, 0.2) is 42.6 Å². The monoisotopic (exact) mass is 258 g/mol. The van der Waals surface area contributed by atoms with Crippen molar-refractivity contribution in [3.8, 4) is 5.75 Å². The van der Waals surface area contributed by atoms with E-state index in [1.165, 1.54) is 6.07 Å². The molecule has 2 aromatic rings. The zero-order valence-electron chi connectivity index (χ0n) is 10.5. The molecule has 1 atom stereocenters. The van der Waals surface area contributed by atoms with Crippen LogP contribution in [-0.2, 0) is 13.0 Å². The summed E-state index contributed by atoms with van der Waals surface area (Å²) in [6.07, 6.45) is 2.60. The lowest BCUT2D eigenvalue weighted by molar-refractivity contribution is 0.227. The van der Waals surface area contributed by atoms with Crippen molar-refractivity contribution in [2.45, 2.75) is 19.1 Å². The molecule has 2 heterocycles. The van der Waals surface area contributed by atoms with E-state index in [2.05, 4.69) is 10.3 Å². The Morgan fingerprint density at radius 2 is 2.26 bits per heavy atom. The van der Waals surface area contributed by atoms with Crippen molar-refractivity contribution in [3.63, 3.8) is 0 Å². The van der Waals surface area contributed by atoms with Gasteiger partial charge in [-0.2, -0.15) is 0 Å². The van der Waals surface area contributed by atoms with Crippen molar-refractivity contribution in [3.05, 3.63) is 59.7 Å². The number of hydrogen-bond donors (Lipinski definition) is 1. The highest BCUT2D eigenvalue weighted by atomic mass is 19.1. The predicted molar refractivity (Wildman–Crippen MR) is 70.5 cm³/mol. The maximum Gasteiger partial charge on any atom is 0.123 e. The Labute approximate surface area is 111 Å². The van der Waals surface area contributed by atoms with Gasteiger partial charge in [-0.1, -0.05) is 6.07 Å². The fraction of sp³-hybridized carbons (Fsp3) is 0.267. The van der Waals surface area contributed by atoms with Gasteiger partial charge < -0.3 is 10.1 Å². The van der Waals surface area contributed by atoms with Crippen molar-refractivity contribution in [2.24, 2.45) is 0 Å². The summed E-state index contributed by atoms with van der Waals surface area (Å²) in [4.78, 5) is 4.24. The van der Waals surface area contributed by atoms with Crippen molar-refractivity contribution in [2.75, 3.05) is 6.54 Å². The topological polar surface area (TPSA) is 34.2 Å². The molecule has 0 saturated carbocycles. The number of benzene rings is 1. The average molecular weight is 258 g/mol. The molecule has 1 N–H and O–H groups in total. The van der Waals surface area contributed by atoms with E-state index < -0.39 is 0 Å². The molecule has 0 saturated heterocycles. The summed E-state index contributed by atoms with van der Waals surface area (Å²) in [6, 6.07) is 10.5. The first kappa shape index (κ1) is 12.1. The zero-order chi connectivity index (χ0) is 13.1. The summed E-state index contributed by atoms with van der Waals surface area (Å²) in [5.74, 6) is 0.593. The largest absolute Gasteiger partial charge is 0.488 e. The molecule has 3 nitrogen and oxygen atoms in total. The lowest BCUT2D eigenvalue weighted by Gasteiger charge is -2.11. The van der Waals surface area contributed by atoms with Crippen molar-refractivity contribution in [1.82, 2.24) is 10.3 Å². The van der Waals surface area contributed by atoms with Gasteiger partial charge >= 0.3 is 0 Å². The standard InChI is InChI=1S/C15H15FN2O/c16-12-4-5-15-11(7-12)8-14(19-15)10-17-9-13-3-1-2-6-18-13/h1-7,14,17H,8-10H2. The third-order valence-electron chi connectivity index (χ3n) is 3.17. The molecular formula is C15H15FN2O. The highest BCUT2D eigenvalue weighted by Crippen LogP contribution is 2.28. The molecule has 4 heteroatoms. The molecular weight excluding hydrogens is 243 g/mol. The number of halogens is 1. The summed E-state index contributed by atoms with van der Waals surface area (Å²) in [5.41, 5.74) is 1.95. The summed E-state index contributed by atoms with van der Waals surface area (Å²) < 4.78 is 18.8. The third-order valence-corrected chi connectivity index (χ3v) is 3.17. The Bertz CT molecular complexity index is 559. The summed E-state index contributed by atoms with van der Waals surface area (Å²) >= 11 is 0. The van der Waals surface area contributed by atoms with Crippen LogP contribution in [0, 0.1) is 5.82 Å². The van der Waals surface area contributed by atoms with Crippen molar-refractivity contribution < 1.29 is 9.13 Å². The lowest BCUT2D eigenvalue weighted by Crippen LogP contribution is -2.29. The van der Waals surface area contributed by atoms with E-state index >= 15 is 0 Å². The van der Waals surface area contributed by atoms with Crippen LogP contribution in [0.3, 0.4) is 0 Å². The van der Waals surface area contributed by atoms with Crippen LogP contribution in [0.4, 0.5) is 4.39 Å². The minimum atomic E-state index is -0.204. The van der Waals surface area contributed by atoms with Gasteiger partial charge in [-0.15, -0.1) is 0 Å². The van der Waals surface area contributed by atoms with Crippen LogP contribution in [0.2, 0.25) is 0 Å². The van der Waals surface area contributed by atoms with E-state index in [4.69, 9.17) is 4.74 Å². The maximum absolute atomic E-state index is 13.1. The van der Waals surface area contributed by atoms with Crippen LogP contribution in [0.5, 0.6) is 5.75 Å². The number of nitrogens with zero attached hydrogens (tertiary/aromatic N) is 1. The molecule has 1 unspecified atom stereocenters. The second-order valence-electron chi connectivity index (χ2n) is 4.65. The highest BCUT2D eigenvalue weighted by Gasteiger charge is 2.22. The second kappa shape index (κ2) is 5.36. The Morgan fingerprint density at radius 3 is 3.11 bits per heavy atom. The lowest BCUT2D eigenvalue weighted by atomic mass is 10.1. The average Bonchev–Trinajstić information content (AvgIpc) is 2.82. The molecule has 0 amide bonds. The Kier molecular flexibility index (Phi) is 3.42. The number of ether oxygens (including phenoxy) is 1. The van der Waals surface area contributed by atoms with Crippen LogP contribution in [0.25, 0.3) is 0 Å². The van der Waals surface area contributed by atoms with Crippen LogP contribution in [-0.4, -0.2) is 17.6 Å². The first-order valence-corrected chi connectivity index (χ1v) is 6.37. The number of hydrogen-bond acceptors (Lipinski definition) is 3. The van der Waals surface area contributed by atoms with Gasteiger partial charge in [0.05, 0.1) is 5.69 Å². The molecule has 0 spiro atoms. The first-order valence-electron chi connectivity index (χ1n) is 6.37. The number of rotatable bonds is 4. The quantitative estimate of drug-likeness (QED) is 0.913. The molecule has 3 rings (SSSR count). The molecule has 0 fully saturated rings. The number of aromatic nitrogens is 1. The number of fused-ring (bicyclic) bond motifs is 1. The van der Waals surface area contributed by atoms with Crippen LogP contribution < -0.4 is 10.1 Å². The predicted octanol–water partition coefficient (Wildman–Crippen LogP) is 2.31. The van der Waals surface area contributed by atoms with E-state index in [0.717, 1.165) is 30.0 Å². The maximum atomic E-state index is 13.1. The molecule has 1 aliphatic heterocycles. The highest BCUT2D eigenvalue weighted by molar-refractivity contribution is 5.37. The van der Waals surface area contributed by atoms with Crippen LogP contribution >= 0.6 is 0 Å². The molecule has 1 aromatic carbocycles. The molecule has 0 aliphatic carbocycles. The zero-order valence-corrected chi connectivity index (χ0v) is 10.5. The van der Waals surface area contributed by atoms with Crippen molar-refractivity contribution >= 4 is 0 Å². The first-order chi connectivity index (χ1) is 9.31. The van der Waals surface area contributed by atoms with E-state index in [0.29, 0.717) is 6.54 Å². The number of pyridine rings is 1. The van der Waals surface area contributed by atoms with Gasteiger partial charge in [0.2, 0.25) is 0 Å². The van der Waals surface area contributed by atoms with E-state index in [-0.39, 0.29) is 11.9 Å². The molecule has 98 valence electrons. The molecule has 1 aromatic heterocycles.